The first-order valence-corrected chi connectivity index (χ1v) is 5.47. The quantitative estimate of drug-likeness (QED) is 0.885. The number of rotatable bonds is 4. The van der Waals surface area contributed by atoms with Gasteiger partial charge in [0.05, 0.1) is 14.2 Å². The van der Waals surface area contributed by atoms with E-state index in [9.17, 15) is 13.2 Å². The molecule has 8 heteroatoms. The van der Waals surface area contributed by atoms with Crippen LogP contribution in [0.5, 0.6) is 11.5 Å². The SMILES string of the molecule is COc1ccc(CCN)cc1OC.O=C(O)C(F)(F)F. The van der Waals surface area contributed by atoms with Crippen molar-refractivity contribution in [2.75, 3.05) is 20.8 Å². The van der Waals surface area contributed by atoms with Gasteiger partial charge in [0, 0.05) is 0 Å². The average molecular weight is 295 g/mol. The number of methoxy groups -OCH3 is 2. The minimum absolute atomic E-state index is 0.648. The predicted molar refractivity (Wildman–Crippen MR) is 66.0 cm³/mol. The third kappa shape index (κ3) is 6.28. The lowest BCUT2D eigenvalue weighted by molar-refractivity contribution is -0.192. The smallest absolute Gasteiger partial charge is 0.490 e. The van der Waals surface area contributed by atoms with Crippen molar-refractivity contribution in [3.63, 3.8) is 0 Å². The molecular weight excluding hydrogens is 279 g/mol. The summed E-state index contributed by atoms with van der Waals surface area (Å²) in [5.74, 6) is -1.25. The van der Waals surface area contributed by atoms with Crippen LogP contribution in [-0.2, 0) is 11.2 Å². The molecule has 0 amide bonds. The molecule has 0 atom stereocenters. The molecule has 114 valence electrons. The Bertz CT molecular complexity index is 435. The van der Waals surface area contributed by atoms with Crippen LogP contribution < -0.4 is 15.2 Å². The highest BCUT2D eigenvalue weighted by molar-refractivity contribution is 5.73. The molecule has 5 nitrogen and oxygen atoms in total. The molecule has 0 heterocycles. The van der Waals surface area contributed by atoms with E-state index in [2.05, 4.69) is 0 Å². The monoisotopic (exact) mass is 295 g/mol. The summed E-state index contributed by atoms with van der Waals surface area (Å²) in [6.07, 6.45) is -4.22. The summed E-state index contributed by atoms with van der Waals surface area (Å²) >= 11 is 0. The number of carboxylic acids is 1. The fourth-order valence-corrected chi connectivity index (χ4v) is 1.20. The molecule has 20 heavy (non-hydrogen) atoms. The lowest BCUT2D eigenvalue weighted by atomic mass is 10.1. The first-order valence-electron chi connectivity index (χ1n) is 5.47. The van der Waals surface area contributed by atoms with Gasteiger partial charge < -0.3 is 20.3 Å². The van der Waals surface area contributed by atoms with Gasteiger partial charge in [-0.2, -0.15) is 13.2 Å². The summed E-state index contributed by atoms with van der Waals surface area (Å²) in [6, 6.07) is 5.84. The number of aliphatic carboxylic acids is 1. The van der Waals surface area contributed by atoms with Gasteiger partial charge in [-0.3, -0.25) is 0 Å². The van der Waals surface area contributed by atoms with Crippen molar-refractivity contribution in [3.8, 4) is 11.5 Å². The summed E-state index contributed by atoms with van der Waals surface area (Å²) in [5.41, 5.74) is 6.62. The average Bonchev–Trinajstić information content (AvgIpc) is 2.38. The van der Waals surface area contributed by atoms with Gasteiger partial charge in [0.2, 0.25) is 0 Å². The van der Waals surface area contributed by atoms with Crippen molar-refractivity contribution in [1.29, 1.82) is 0 Å². The molecule has 0 aliphatic rings. The van der Waals surface area contributed by atoms with Crippen molar-refractivity contribution < 1.29 is 32.5 Å². The topological polar surface area (TPSA) is 81.8 Å². The minimum Gasteiger partial charge on any atom is -0.493 e. The Hall–Kier alpha value is -1.96. The highest BCUT2D eigenvalue weighted by atomic mass is 19.4. The van der Waals surface area contributed by atoms with E-state index in [1.807, 2.05) is 18.2 Å². The van der Waals surface area contributed by atoms with Gasteiger partial charge in [-0.25, -0.2) is 4.79 Å². The number of carboxylic acid groups (broad SMARTS) is 1. The van der Waals surface area contributed by atoms with Crippen LogP contribution in [0.2, 0.25) is 0 Å². The summed E-state index contributed by atoms with van der Waals surface area (Å²) < 4.78 is 42.0. The van der Waals surface area contributed by atoms with Gasteiger partial charge in [-0.15, -0.1) is 0 Å². The maximum absolute atomic E-state index is 10.6. The Morgan fingerprint density at radius 3 is 2.10 bits per heavy atom. The molecule has 0 saturated carbocycles. The number of ether oxygens (including phenoxy) is 2. The number of hydrogen-bond acceptors (Lipinski definition) is 4. The molecule has 0 bridgehead atoms. The number of nitrogens with two attached hydrogens (primary N) is 1. The van der Waals surface area contributed by atoms with Crippen LogP contribution in [0.4, 0.5) is 13.2 Å². The molecule has 0 spiro atoms. The van der Waals surface area contributed by atoms with E-state index in [-0.39, 0.29) is 0 Å². The van der Waals surface area contributed by atoms with E-state index in [1.54, 1.807) is 14.2 Å². The largest absolute Gasteiger partial charge is 0.493 e. The van der Waals surface area contributed by atoms with Crippen molar-refractivity contribution in [3.05, 3.63) is 23.8 Å². The van der Waals surface area contributed by atoms with Crippen LogP contribution in [0.15, 0.2) is 18.2 Å². The van der Waals surface area contributed by atoms with E-state index in [1.165, 1.54) is 5.56 Å². The maximum atomic E-state index is 10.6. The lowest BCUT2D eigenvalue weighted by Gasteiger charge is -2.08. The molecule has 1 aromatic rings. The van der Waals surface area contributed by atoms with Gasteiger partial charge in [0.1, 0.15) is 0 Å². The minimum atomic E-state index is -5.08. The van der Waals surface area contributed by atoms with E-state index in [0.717, 1.165) is 17.9 Å². The van der Waals surface area contributed by atoms with Crippen molar-refractivity contribution in [2.45, 2.75) is 12.6 Å². The van der Waals surface area contributed by atoms with E-state index in [4.69, 9.17) is 25.1 Å². The molecular formula is C12H16F3NO4. The van der Waals surface area contributed by atoms with Crippen LogP contribution in [0.1, 0.15) is 5.56 Å². The molecule has 1 rings (SSSR count). The first kappa shape index (κ1) is 18.0. The lowest BCUT2D eigenvalue weighted by Crippen LogP contribution is -2.21. The van der Waals surface area contributed by atoms with Gasteiger partial charge in [-0.1, -0.05) is 6.07 Å². The molecule has 1 aromatic carbocycles. The second kappa shape index (κ2) is 8.26. The number of hydrogen-bond donors (Lipinski definition) is 2. The third-order valence-corrected chi connectivity index (χ3v) is 2.12. The Balaban J connectivity index is 0.000000441. The highest BCUT2D eigenvalue weighted by Gasteiger charge is 2.38. The van der Waals surface area contributed by atoms with E-state index in [0.29, 0.717) is 6.54 Å². The summed E-state index contributed by atoms with van der Waals surface area (Å²) in [7, 11) is 3.25. The van der Waals surface area contributed by atoms with Gasteiger partial charge in [0.25, 0.3) is 0 Å². The molecule has 0 fully saturated rings. The third-order valence-electron chi connectivity index (χ3n) is 2.12. The Morgan fingerprint density at radius 1 is 1.25 bits per heavy atom. The van der Waals surface area contributed by atoms with Crippen molar-refractivity contribution in [1.82, 2.24) is 0 Å². The second-order valence-electron chi connectivity index (χ2n) is 3.53. The van der Waals surface area contributed by atoms with Gasteiger partial charge >= 0.3 is 12.1 Å². The van der Waals surface area contributed by atoms with Crippen molar-refractivity contribution >= 4 is 5.97 Å². The van der Waals surface area contributed by atoms with Crippen LogP contribution in [0.25, 0.3) is 0 Å². The van der Waals surface area contributed by atoms with E-state index < -0.39 is 12.1 Å². The number of carbonyl (C=O) groups is 1. The van der Waals surface area contributed by atoms with Crippen LogP contribution >= 0.6 is 0 Å². The number of halogens is 3. The number of alkyl halides is 3. The zero-order valence-corrected chi connectivity index (χ0v) is 11.0. The molecule has 0 aliphatic heterocycles. The molecule has 0 aromatic heterocycles. The second-order valence-corrected chi connectivity index (χ2v) is 3.53. The summed E-state index contributed by atoms with van der Waals surface area (Å²) in [6.45, 7) is 0.648. The fourth-order valence-electron chi connectivity index (χ4n) is 1.20. The standard InChI is InChI=1S/C10H15NO2.C2HF3O2/c1-12-9-4-3-8(5-6-11)7-10(9)13-2;3-2(4,5)1(6)7/h3-4,7H,5-6,11H2,1-2H3;(H,6,7). The predicted octanol–water partition coefficient (Wildman–Crippen LogP) is 1.84. The summed E-state index contributed by atoms with van der Waals surface area (Å²) in [5, 5.41) is 7.12. The van der Waals surface area contributed by atoms with Crippen LogP contribution in [-0.4, -0.2) is 38.0 Å². The molecule has 0 radical (unpaired) electrons. The van der Waals surface area contributed by atoms with Gasteiger partial charge in [-0.05, 0) is 30.7 Å². The first-order chi connectivity index (χ1) is 9.26. The zero-order valence-electron chi connectivity index (χ0n) is 11.0. The molecule has 0 aliphatic carbocycles. The normalized spacial score (nSPS) is 10.3. The van der Waals surface area contributed by atoms with Crippen LogP contribution in [0.3, 0.4) is 0 Å². The molecule has 0 saturated heterocycles. The Labute approximate surface area is 114 Å². The molecule has 3 N–H and O–H groups in total. The number of benzene rings is 1. The van der Waals surface area contributed by atoms with Crippen molar-refractivity contribution in [2.24, 2.45) is 5.73 Å². The van der Waals surface area contributed by atoms with E-state index >= 15 is 0 Å². The van der Waals surface area contributed by atoms with Crippen LogP contribution in [0, 0.1) is 0 Å². The zero-order chi connectivity index (χ0) is 15.8. The fraction of sp³-hybridized carbons (Fsp3) is 0.417. The highest BCUT2D eigenvalue weighted by Crippen LogP contribution is 2.27. The molecule has 0 unspecified atom stereocenters. The Morgan fingerprint density at radius 2 is 1.75 bits per heavy atom. The Kier molecular flexibility index (Phi) is 7.45. The maximum Gasteiger partial charge on any atom is 0.490 e. The summed E-state index contributed by atoms with van der Waals surface area (Å²) in [4.78, 5) is 8.90. The van der Waals surface area contributed by atoms with Gasteiger partial charge in [0.15, 0.2) is 11.5 Å².